The lowest BCUT2D eigenvalue weighted by Crippen LogP contribution is -2.59. The van der Waals surface area contributed by atoms with Gasteiger partial charge in [-0.1, -0.05) is 6.92 Å². The number of ketones is 2. The van der Waals surface area contributed by atoms with Crippen molar-refractivity contribution in [3.8, 4) is 0 Å². The lowest BCUT2D eigenvalue weighted by atomic mass is 10.0. The van der Waals surface area contributed by atoms with Crippen molar-refractivity contribution in [2.24, 2.45) is 0 Å². The topological polar surface area (TPSA) is 440 Å². The molecule has 606 valence electrons. The molecule has 0 aromatic carbocycles. The molecule has 3 aliphatic rings. The maximum atomic E-state index is 13.6. The van der Waals surface area contributed by atoms with E-state index in [1.165, 1.54) is 0 Å². The van der Waals surface area contributed by atoms with Crippen LogP contribution in [0.15, 0.2) is 0 Å². The van der Waals surface area contributed by atoms with E-state index in [4.69, 9.17) is 95.0 Å². The Morgan fingerprint density at radius 1 is 0.283 bits per heavy atom. The number of carbonyl (C=O) groups is 13. The van der Waals surface area contributed by atoms with E-state index in [0.717, 1.165) is 6.42 Å². The fourth-order valence-corrected chi connectivity index (χ4v) is 9.07. The van der Waals surface area contributed by atoms with Crippen LogP contribution in [0.4, 0.5) is 0 Å². The SMILES string of the molecule is CCCOCCOCCC(=O)NC(COCCC(=O)CCCOCCOCCOCCOCCC(=O)ON1C(=O)CCC1=O)(COCCC(=O)CCCOCCOCCOCCOCCC(=O)ON1C(=O)CCC1=O)COCCC(=O)NCCOCCOCCOCCOCCC(=O)ON1C(=O)CCC1=O. The van der Waals surface area contributed by atoms with E-state index < -0.39 is 64.8 Å². The van der Waals surface area contributed by atoms with Crippen LogP contribution in [0.2, 0.25) is 0 Å². The number of nitrogens with zero attached hydrogens (tertiary/aromatic N) is 3. The molecule has 2 N–H and O–H groups in total. The molecule has 0 atom stereocenters. The predicted octanol–water partition coefficient (Wildman–Crippen LogP) is -0.0993. The Morgan fingerprint density at radius 3 is 0.840 bits per heavy atom. The summed E-state index contributed by atoms with van der Waals surface area (Å²) in [5.74, 6) is -6.52. The van der Waals surface area contributed by atoms with Crippen LogP contribution in [0.5, 0.6) is 0 Å². The molecular formula is C68H111N5O33. The molecule has 38 heteroatoms. The summed E-state index contributed by atoms with van der Waals surface area (Å²) in [6.07, 6.45) is 1.80. The van der Waals surface area contributed by atoms with Crippen molar-refractivity contribution in [1.29, 1.82) is 0 Å². The Kier molecular flexibility index (Phi) is 55.1. The first-order valence-corrected chi connectivity index (χ1v) is 36.1. The number of rotatable bonds is 74. The highest BCUT2D eigenvalue weighted by Crippen LogP contribution is 2.16. The number of Topliss-reactive ketones (excluding diaryl/α,β-unsaturated/α-hetero) is 2. The number of ether oxygens (including phenoxy) is 17. The monoisotopic (exact) mass is 1530 g/mol. The lowest BCUT2D eigenvalue weighted by Gasteiger charge is -2.34. The fourth-order valence-electron chi connectivity index (χ4n) is 9.07. The standard InChI is InChI=1S/C68H111N5O33/c1-2-21-87-32-35-90-26-16-58(77)70-68(52-101-24-13-55(74)5-3-22-88-33-40-95-46-48-97-42-36-91-28-17-65(84)104-71-59(78)7-8-60(71)79,53-102-25-14-56(75)6-4-23-89-34-41-96-47-49-98-43-37-92-29-18-66(85)105-72-61(80)9-10-62(72)81)54-103-27-15-57(76)69-20-31-94-39-45-100-51-50-99-44-38-93-30-19-67(86)106-73-63(82)11-12-64(73)83/h2-54H2,1H3,(H,69,76)(H,70,77). The molecule has 3 heterocycles. The normalized spacial score (nSPS) is 14.0. The summed E-state index contributed by atoms with van der Waals surface area (Å²) in [5, 5.41) is 7.22. The van der Waals surface area contributed by atoms with Crippen molar-refractivity contribution in [3.63, 3.8) is 0 Å². The summed E-state index contributed by atoms with van der Waals surface area (Å²) in [5.41, 5.74) is -1.35. The summed E-state index contributed by atoms with van der Waals surface area (Å²) in [4.78, 5) is 172. The quantitative estimate of drug-likeness (QED) is 0.0593. The maximum Gasteiger partial charge on any atom is 0.335 e. The van der Waals surface area contributed by atoms with Gasteiger partial charge in [-0.05, 0) is 19.3 Å². The zero-order valence-electron chi connectivity index (χ0n) is 61.3. The number of hydrogen-bond acceptors (Lipinski definition) is 33. The Labute approximate surface area is 617 Å². The molecule has 0 bridgehead atoms. The smallest absolute Gasteiger partial charge is 0.335 e. The second-order valence-corrected chi connectivity index (χ2v) is 23.6. The third-order valence-corrected chi connectivity index (χ3v) is 14.6. The zero-order valence-corrected chi connectivity index (χ0v) is 61.3. The second kappa shape index (κ2) is 62.3. The predicted molar refractivity (Wildman–Crippen MR) is 360 cm³/mol. The van der Waals surface area contributed by atoms with Crippen LogP contribution in [0.3, 0.4) is 0 Å². The molecule has 0 spiro atoms. The molecule has 3 saturated heterocycles. The molecule has 38 nitrogen and oxygen atoms in total. The van der Waals surface area contributed by atoms with Crippen LogP contribution in [-0.2, 0) is 157 Å². The van der Waals surface area contributed by atoms with Gasteiger partial charge in [0.15, 0.2) is 0 Å². The second-order valence-electron chi connectivity index (χ2n) is 23.6. The van der Waals surface area contributed by atoms with Gasteiger partial charge in [0.1, 0.15) is 17.1 Å². The van der Waals surface area contributed by atoms with Crippen molar-refractivity contribution >= 4 is 76.7 Å². The molecular weight excluding hydrogens is 1410 g/mol. The molecule has 0 aromatic heterocycles. The van der Waals surface area contributed by atoms with Crippen LogP contribution < -0.4 is 10.6 Å². The summed E-state index contributed by atoms with van der Waals surface area (Å²) < 4.78 is 95.0. The van der Waals surface area contributed by atoms with Crippen LogP contribution in [0.25, 0.3) is 0 Å². The molecule has 3 rings (SSSR count). The van der Waals surface area contributed by atoms with Gasteiger partial charge in [0.25, 0.3) is 35.4 Å². The minimum absolute atomic E-state index is 0.00793. The van der Waals surface area contributed by atoms with Gasteiger partial charge in [-0.3, -0.25) is 47.9 Å². The van der Waals surface area contributed by atoms with Crippen molar-refractivity contribution in [2.45, 2.75) is 128 Å². The number of imide groups is 3. The van der Waals surface area contributed by atoms with Gasteiger partial charge in [0, 0.05) is 103 Å². The van der Waals surface area contributed by atoms with Gasteiger partial charge in [-0.15, -0.1) is 15.2 Å². The van der Waals surface area contributed by atoms with Crippen LogP contribution in [0, 0.1) is 0 Å². The minimum atomic E-state index is -1.35. The van der Waals surface area contributed by atoms with Gasteiger partial charge >= 0.3 is 17.9 Å². The largest absolute Gasteiger partial charge is 0.379 e. The Bertz CT molecular complexity index is 2260. The molecule has 0 aromatic rings. The van der Waals surface area contributed by atoms with E-state index in [0.29, 0.717) is 80.9 Å². The third kappa shape index (κ3) is 48.7. The summed E-state index contributed by atoms with van der Waals surface area (Å²) >= 11 is 0. The highest BCUT2D eigenvalue weighted by molar-refractivity contribution is 6.03. The fraction of sp³-hybridized carbons (Fsp3) is 0.809. The lowest BCUT2D eigenvalue weighted by molar-refractivity contribution is -0.198. The number of carbonyl (C=O) groups excluding carboxylic acids is 13. The first-order chi connectivity index (χ1) is 51.5. The number of nitrogens with one attached hydrogen (secondary N) is 2. The zero-order chi connectivity index (χ0) is 76.8. The molecule has 3 fully saturated rings. The van der Waals surface area contributed by atoms with Crippen molar-refractivity contribution in [2.75, 3.05) is 231 Å². The van der Waals surface area contributed by atoms with E-state index in [2.05, 4.69) is 10.6 Å². The summed E-state index contributed by atoms with van der Waals surface area (Å²) in [6, 6.07) is 0. The van der Waals surface area contributed by atoms with Crippen LogP contribution in [-0.4, -0.2) is 329 Å². The minimum Gasteiger partial charge on any atom is -0.379 e. The molecule has 0 unspecified atom stereocenters. The average Bonchev–Trinajstić information content (AvgIpc) is 1.36. The molecule has 0 saturated carbocycles. The Hall–Kier alpha value is -6.57. The Balaban J connectivity index is 1.36. The third-order valence-electron chi connectivity index (χ3n) is 14.6. The molecule has 106 heavy (non-hydrogen) atoms. The maximum absolute atomic E-state index is 13.6. The number of hydrogen-bond donors (Lipinski definition) is 2. The first kappa shape index (κ1) is 93.6. The summed E-state index contributed by atoms with van der Waals surface area (Å²) in [6.45, 7) is 8.45. The molecule has 0 radical (unpaired) electrons. The van der Waals surface area contributed by atoms with E-state index in [1.54, 1.807) is 0 Å². The molecule has 0 aliphatic carbocycles. The van der Waals surface area contributed by atoms with E-state index >= 15 is 0 Å². The van der Waals surface area contributed by atoms with Crippen LogP contribution >= 0.6 is 0 Å². The Morgan fingerprint density at radius 2 is 0.528 bits per heavy atom. The molecule has 8 amide bonds. The number of amides is 8. The van der Waals surface area contributed by atoms with E-state index in [1.807, 2.05) is 6.92 Å². The highest BCUT2D eigenvalue weighted by Gasteiger charge is 2.36. The van der Waals surface area contributed by atoms with Gasteiger partial charge in [0.05, 0.1) is 224 Å². The summed E-state index contributed by atoms with van der Waals surface area (Å²) in [7, 11) is 0. The van der Waals surface area contributed by atoms with E-state index in [-0.39, 0.29) is 292 Å². The molecule has 3 aliphatic heterocycles. The highest BCUT2D eigenvalue weighted by atomic mass is 16.7. The average molecular weight is 1530 g/mol. The van der Waals surface area contributed by atoms with Crippen molar-refractivity contribution in [3.05, 3.63) is 0 Å². The first-order valence-electron chi connectivity index (χ1n) is 36.1. The van der Waals surface area contributed by atoms with Crippen molar-refractivity contribution in [1.82, 2.24) is 25.8 Å². The van der Waals surface area contributed by atoms with Crippen molar-refractivity contribution < 1.29 is 157 Å². The van der Waals surface area contributed by atoms with Crippen LogP contribution in [0.1, 0.15) is 122 Å². The number of hydroxylamine groups is 6. The van der Waals surface area contributed by atoms with Gasteiger partial charge in [-0.25, -0.2) is 14.4 Å². The van der Waals surface area contributed by atoms with Gasteiger partial charge in [0.2, 0.25) is 11.8 Å². The van der Waals surface area contributed by atoms with Gasteiger partial charge < -0.3 is 106 Å². The van der Waals surface area contributed by atoms with E-state index in [9.17, 15) is 62.3 Å². The van der Waals surface area contributed by atoms with Gasteiger partial charge in [-0.2, -0.15) is 0 Å².